The molecule has 0 aromatic heterocycles. The monoisotopic (exact) mass is 222 g/mol. The summed E-state index contributed by atoms with van der Waals surface area (Å²) in [6, 6.07) is 3.78. The number of nitrogens with two attached hydrogens (primary N) is 1. The van der Waals surface area contributed by atoms with Crippen LogP contribution in [0.3, 0.4) is 0 Å². The second kappa shape index (κ2) is 5.30. The van der Waals surface area contributed by atoms with Gasteiger partial charge in [-0.15, -0.1) is 0 Å². The van der Waals surface area contributed by atoms with Gasteiger partial charge in [-0.25, -0.2) is 4.39 Å². The van der Waals surface area contributed by atoms with E-state index in [1.54, 1.807) is 0 Å². The van der Waals surface area contributed by atoms with E-state index in [4.69, 9.17) is 5.73 Å². The Labute approximate surface area is 94.1 Å². The van der Waals surface area contributed by atoms with Crippen LogP contribution in [0.4, 0.5) is 10.1 Å². The molecule has 4 heteroatoms. The van der Waals surface area contributed by atoms with Gasteiger partial charge in [-0.1, -0.05) is 11.6 Å². The zero-order valence-electron chi connectivity index (χ0n) is 9.38. The molecule has 0 aliphatic rings. The van der Waals surface area contributed by atoms with Crippen LogP contribution >= 0.6 is 0 Å². The van der Waals surface area contributed by atoms with Crippen LogP contribution in [0.2, 0.25) is 0 Å². The second-order valence-electron chi connectivity index (χ2n) is 3.76. The van der Waals surface area contributed by atoms with Gasteiger partial charge in [-0.05, 0) is 32.0 Å². The van der Waals surface area contributed by atoms with Gasteiger partial charge in [-0.2, -0.15) is 0 Å². The lowest BCUT2D eigenvalue weighted by atomic mass is 10.2. The van der Waals surface area contributed by atoms with Crippen molar-refractivity contribution in [2.24, 2.45) is 0 Å². The fourth-order valence-electron chi connectivity index (χ4n) is 1.19. The number of halogens is 1. The number of hydrogen-bond donors (Lipinski definition) is 2. The van der Waals surface area contributed by atoms with Crippen LogP contribution in [0.15, 0.2) is 29.8 Å². The number of nitrogens with one attached hydrogen (secondary N) is 1. The molecule has 0 aliphatic heterocycles. The molecule has 0 fully saturated rings. The second-order valence-corrected chi connectivity index (χ2v) is 3.76. The maximum atomic E-state index is 13.0. The van der Waals surface area contributed by atoms with Crippen molar-refractivity contribution >= 4 is 11.6 Å². The number of carbonyl (C=O) groups excluding carboxylic acids is 1. The maximum absolute atomic E-state index is 13.0. The molecule has 0 saturated carbocycles. The van der Waals surface area contributed by atoms with Gasteiger partial charge in [0.05, 0.1) is 0 Å². The smallest absolute Gasteiger partial charge is 0.251 e. The summed E-state index contributed by atoms with van der Waals surface area (Å²) in [6.07, 6.45) is 1.88. The molecule has 0 unspecified atom stereocenters. The van der Waals surface area contributed by atoms with Gasteiger partial charge in [0.2, 0.25) is 0 Å². The van der Waals surface area contributed by atoms with E-state index in [9.17, 15) is 9.18 Å². The van der Waals surface area contributed by atoms with Crippen LogP contribution < -0.4 is 11.1 Å². The fourth-order valence-corrected chi connectivity index (χ4v) is 1.19. The van der Waals surface area contributed by atoms with Crippen molar-refractivity contribution in [2.75, 3.05) is 12.3 Å². The van der Waals surface area contributed by atoms with Crippen LogP contribution in [0, 0.1) is 5.82 Å². The molecule has 1 amide bonds. The minimum atomic E-state index is -0.507. The Balaban J connectivity index is 2.69. The van der Waals surface area contributed by atoms with Gasteiger partial charge in [0.1, 0.15) is 5.82 Å². The molecule has 3 N–H and O–H groups in total. The van der Waals surface area contributed by atoms with E-state index < -0.39 is 5.82 Å². The zero-order valence-corrected chi connectivity index (χ0v) is 9.38. The molecule has 1 aromatic carbocycles. The highest BCUT2D eigenvalue weighted by atomic mass is 19.1. The molecule has 0 radical (unpaired) electrons. The van der Waals surface area contributed by atoms with Gasteiger partial charge in [0.15, 0.2) is 0 Å². The summed E-state index contributed by atoms with van der Waals surface area (Å²) in [7, 11) is 0. The predicted octanol–water partition coefficient (Wildman–Crippen LogP) is 2.10. The highest BCUT2D eigenvalue weighted by Gasteiger charge is 2.06. The largest absolute Gasteiger partial charge is 0.399 e. The van der Waals surface area contributed by atoms with Crippen molar-refractivity contribution in [1.82, 2.24) is 5.32 Å². The lowest BCUT2D eigenvalue weighted by molar-refractivity contribution is 0.0957. The Bertz CT molecular complexity index is 403. The SMILES string of the molecule is CC(C)=CCNC(=O)c1cc(N)cc(F)c1. The third-order valence-corrected chi connectivity index (χ3v) is 1.96. The van der Waals surface area contributed by atoms with Crippen LogP contribution in [0.25, 0.3) is 0 Å². The summed E-state index contributed by atoms with van der Waals surface area (Å²) in [5.74, 6) is -0.837. The zero-order chi connectivity index (χ0) is 12.1. The minimum Gasteiger partial charge on any atom is -0.399 e. The number of anilines is 1. The Hall–Kier alpha value is -1.84. The molecule has 0 spiro atoms. The minimum absolute atomic E-state index is 0.236. The molecule has 0 aliphatic carbocycles. The quantitative estimate of drug-likeness (QED) is 0.608. The molecular weight excluding hydrogens is 207 g/mol. The van der Waals surface area contributed by atoms with Crippen LogP contribution in [-0.4, -0.2) is 12.5 Å². The van der Waals surface area contributed by atoms with E-state index in [1.807, 2.05) is 19.9 Å². The first kappa shape index (κ1) is 12.2. The molecular formula is C12H15FN2O. The van der Waals surface area contributed by atoms with Gasteiger partial charge >= 0.3 is 0 Å². The van der Waals surface area contributed by atoms with E-state index in [0.29, 0.717) is 6.54 Å². The topological polar surface area (TPSA) is 55.1 Å². The first-order chi connectivity index (χ1) is 7.49. The van der Waals surface area contributed by atoms with Crippen molar-refractivity contribution in [2.45, 2.75) is 13.8 Å². The Morgan fingerprint density at radius 2 is 2.12 bits per heavy atom. The van der Waals surface area contributed by atoms with Crippen molar-refractivity contribution in [3.63, 3.8) is 0 Å². The third kappa shape index (κ3) is 3.73. The summed E-state index contributed by atoms with van der Waals surface area (Å²) in [4.78, 5) is 11.6. The molecule has 0 bridgehead atoms. The van der Waals surface area contributed by atoms with Gasteiger partial charge < -0.3 is 11.1 Å². The van der Waals surface area contributed by atoms with Crippen molar-refractivity contribution < 1.29 is 9.18 Å². The van der Waals surface area contributed by atoms with E-state index in [1.165, 1.54) is 12.1 Å². The number of hydrogen-bond acceptors (Lipinski definition) is 2. The number of benzene rings is 1. The molecule has 0 saturated heterocycles. The standard InChI is InChI=1S/C12H15FN2O/c1-8(2)3-4-15-12(16)9-5-10(13)7-11(14)6-9/h3,5-7H,4,14H2,1-2H3,(H,15,16). The average Bonchev–Trinajstić information content (AvgIpc) is 2.15. The Morgan fingerprint density at radius 3 is 2.69 bits per heavy atom. The van der Waals surface area contributed by atoms with Crippen molar-refractivity contribution in [3.05, 3.63) is 41.2 Å². The molecule has 3 nitrogen and oxygen atoms in total. The number of nitrogen functional groups attached to an aromatic ring is 1. The van der Waals surface area contributed by atoms with Crippen LogP contribution in [0.1, 0.15) is 24.2 Å². The normalized spacial score (nSPS) is 9.69. The molecule has 1 aromatic rings. The van der Waals surface area contributed by atoms with Crippen LogP contribution in [0.5, 0.6) is 0 Å². The lowest BCUT2D eigenvalue weighted by Gasteiger charge is -2.04. The highest BCUT2D eigenvalue weighted by Crippen LogP contribution is 2.10. The summed E-state index contributed by atoms with van der Waals surface area (Å²) in [5, 5.41) is 2.65. The summed E-state index contributed by atoms with van der Waals surface area (Å²) >= 11 is 0. The Kier molecular flexibility index (Phi) is 4.05. The first-order valence-corrected chi connectivity index (χ1v) is 4.96. The fraction of sp³-hybridized carbons (Fsp3) is 0.250. The predicted molar refractivity (Wildman–Crippen MR) is 62.6 cm³/mol. The van der Waals surface area contributed by atoms with E-state index in [-0.39, 0.29) is 17.2 Å². The Morgan fingerprint density at radius 1 is 1.44 bits per heavy atom. The summed E-state index contributed by atoms with van der Waals surface area (Å²) in [5.41, 5.74) is 7.03. The highest BCUT2D eigenvalue weighted by molar-refractivity contribution is 5.95. The van der Waals surface area contributed by atoms with E-state index in [2.05, 4.69) is 5.32 Å². The third-order valence-electron chi connectivity index (χ3n) is 1.96. The van der Waals surface area contributed by atoms with Gasteiger partial charge in [-0.3, -0.25) is 4.79 Å². The summed E-state index contributed by atoms with van der Waals surface area (Å²) < 4.78 is 13.0. The average molecular weight is 222 g/mol. The van der Waals surface area contributed by atoms with Crippen LogP contribution in [-0.2, 0) is 0 Å². The van der Waals surface area contributed by atoms with Gasteiger partial charge in [0, 0.05) is 17.8 Å². The van der Waals surface area contributed by atoms with Crippen molar-refractivity contribution in [3.8, 4) is 0 Å². The van der Waals surface area contributed by atoms with E-state index >= 15 is 0 Å². The number of carbonyl (C=O) groups is 1. The molecule has 0 atom stereocenters. The molecule has 1 rings (SSSR count). The van der Waals surface area contributed by atoms with E-state index in [0.717, 1.165) is 11.6 Å². The summed E-state index contributed by atoms with van der Waals surface area (Å²) in [6.45, 7) is 4.30. The molecule has 0 heterocycles. The molecule has 16 heavy (non-hydrogen) atoms. The number of rotatable bonds is 3. The number of amides is 1. The lowest BCUT2D eigenvalue weighted by Crippen LogP contribution is -2.23. The number of allylic oxidation sites excluding steroid dienone is 1. The van der Waals surface area contributed by atoms with Gasteiger partial charge in [0.25, 0.3) is 5.91 Å². The van der Waals surface area contributed by atoms with Crippen molar-refractivity contribution in [1.29, 1.82) is 0 Å². The first-order valence-electron chi connectivity index (χ1n) is 4.96. The maximum Gasteiger partial charge on any atom is 0.251 e. The molecule has 86 valence electrons.